The molecular weight excluding hydrogens is 302 g/mol. The van der Waals surface area contributed by atoms with Crippen molar-refractivity contribution in [2.75, 3.05) is 0 Å². The lowest BCUT2D eigenvalue weighted by Crippen LogP contribution is -2.08. The van der Waals surface area contributed by atoms with Gasteiger partial charge in [0.25, 0.3) is 0 Å². The first-order valence-corrected chi connectivity index (χ1v) is 7.54. The summed E-state index contributed by atoms with van der Waals surface area (Å²) in [4.78, 5) is 11.8. The first-order valence-electron chi connectivity index (χ1n) is 7.54. The predicted octanol–water partition coefficient (Wildman–Crippen LogP) is 3.60. The summed E-state index contributed by atoms with van der Waals surface area (Å²) in [6.45, 7) is 0. The van der Waals surface area contributed by atoms with E-state index in [0.717, 1.165) is 5.69 Å². The minimum atomic E-state index is 0.136. The smallest absolute Gasteiger partial charge is 0.141 e. The Morgan fingerprint density at radius 1 is 0.792 bits per heavy atom. The molecule has 1 heterocycles. The number of para-hydroxylation sites is 4. The number of benzene rings is 2. The van der Waals surface area contributed by atoms with Crippen LogP contribution < -0.4 is 5.49 Å². The maximum atomic E-state index is 9.78. The number of nitrogens with one attached hydrogen (secondary N) is 1. The number of rotatable bonds is 4. The monoisotopic (exact) mass is 319 g/mol. The highest BCUT2D eigenvalue weighted by Gasteiger charge is 1.97. The average Bonchev–Trinajstić information content (AvgIpc) is 2.59. The molecule has 0 aliphatic heterocycles. The molecule has 0 spiro atoms. The fourth-order valence-electron chi connectivity index (χ4n) is 2.19. The number of hydrogen-bond donors (Lipinski definition) is 3. The van der Waals surface area contributed by atoms with Crippen LogP contribution in [0.1, 0.15) is 5.69 Å². The molecule has 120 valence electrons. The molecular formula is C19H17N3O2. The quantitative estimate of drug-likeness (QED) is 0.642. The SMILES string of the molecule is Oc1ccccc1N=CCc1cccc(=Nc2ccccc2O)[nH]1. The molecule has 1 aromatic heterocycles. The largest absolute Gasteiger partial charge is 0.506 e. The standard InChI is InChI=1S/C19H17N3O2/c23-17-9-3-1-7-15(17)20-13-12-14-6-5-11-19(21-14)22-16-8-2-4-10-18(16)24/h1-11,13,23-24H,12H2,(H,21,22). The van der Waals surface area contributed by atoms with Crippen molar-refractivity contribution in [1.29, 1.82) is 0 Å². The Kier molecular flexibility index (Phi) is 4.72. The van der Waals surface area contributed by atoms with Gasteiger partial charge in [0.2, 0.25) is 0 Å². The van der Waals surface area contributed by atoms with E-state index in [1.165, 1.54) is 0 Å². The van der Waals surface area contributed by atoms with Crippen LogP contribution in [0.3, 0.4) is 0 Å². The van der Waals surface area contributed by atoms with E-state index in [1.807, 2.05) is 30.3 Å². The third-order valence-electron chi connectivity index (χ3n) is 3.39. The molecule has 0 radical (unpaired) electrons. The summed E-state index contributed by atoms with van der Waals surface area (Å²) >= 11 is 0. The molecule has 3 rings (SSSR count). The number of aliphatic imine (C=N–C) groups is 1. The van der Waals surface area contributed by atoms with Gasteiger partial charge in [0.1, 0.15) is 28.4 Å². The summed E-state index contributed by atoms with van der Waals surface area (Å²) in [5.74, 6) is 0.290. The van der Waals surface area contributed by atoms with Crippen LogP contribution in [0.2, 0.25) is 0 Å². The normalized spacial score (nSPS) is 11.9. The topological polar surface area (TPSA) is 81.0 Å². The number of aromatic amines is 1. The Hall–Kier alpha value is -3.34. The molecule has 0 fully saturated rings. The van der Waals surface area contributed by atoms with Crippen LogP contribution >= 0.6 is 0 Å². The summed E-state index contributed by atoms with van der Waals surface area (Å²) in [5.41, 5.74) is 2.61. The highest BCUT2D eigenvalue weighted by Crippen LogP contribution is 2.24. The zero-order chi connectivity index (χ0) is 16.8. The second-order valence-electron chi connectivity index (χ2n) is 5.17. The third kappa shape index (κ3) is 3.89. The van der Waals surface area contributed by atoms with Crippen LogP contribution in [-0.4, -0.2) is 21.4 Å². The van der Waals surface area contributed by atoms with Gasteiger partial charge in [0, 0.05) is 18.3 Å². The van der Waals surface area contributed by atoms with Crippen LogP contribution in [0, 0.1) is 0 Å². The molecule has 0 aliphatic rings. The van der Waals surface area contributed by atoms with Crippen molar-refractivity contribution >= 4 is 17.6 Å². The van der Waals surface area contributed by atoms with Gasteiger partial charge in [-0.15, -0.1) is 0 Å². The van der Waals surface area contributed by atoms with Gasteiger partial charge in [0.05, 0.1) is 0 Å². The van der Waals surface area contributed by atoms with E-state index in [4.69, 9.17) is 0 Å². The van der Waals surface area contributed by atoms with Crippen LogP contribution in [0.25, 0.3) is 0 Å². The molecule has 0 saturated heterocycles. The summed E-state index contributed by atoms with van der Waals surface area (Å²) in [6.07, 6.45) is 2.29. The summed E-state index contributed by atoms with van der Waals surface area (Å²) in [6, 6.07) is 19.5. The Balaban J connectivity index is 1.79. The van der Waals surface area contributed by atoms with Crippen molar-refractivity contribution < 1.29 is 10.2 Å². The van der Waals surface area contributed by atoms with Gasteiger partial charge in [-0.25, -0.2) is 4.99 Å². The molecule has 0 saturated carbocycles. The lowest BCUT2D eigenvalue weighted by atomic mass is 10.2. The van der Waals surface area contributed by atoms with Crippen molar-refractivity contribution in [2.45, 2.75) is 6.42 Å². The van der Waals surface area contributed by atoms with E-state index in [-0.39, 0.29) is 11.5 Å². The maximum absolute atomic E-state index is 9.78. The first kappa shape index (κ1) is 15.6. The molecule has 0 amide bonds. The molecule has 5 heteroatoms. The molecule has 3 N–H and O–H groups in total. The fraction of sp³-hybridized carbons (Fsp3) is 0.0526. The molecule has 0 bridgehead atoms. The lowest BCUT2D eigenvalue weighted by molar-refractivity contribution is 0.476. The van der Waals surface area contributed by atoms with Crippen LogP contribution in [0.4, 0.5) is 11.4 Å². The summed E-state index contributed by atoms with van der Waals surface area (Å²) in [7, 11) is 0. The van der Waals surface area contributed by atoms with E-state index < -0.39 is 0 Å². The summed E-state index contributed by atoms with van der Waals surface area (Å²) < 4.78 is 0. The third-order valence-corrected chi connectivity index (χ3v) is 3.39. The van der Waals surface area contributed by atoms with Gasteiger partial charge in [-0.05, 0) is 36.4 Å². The molecule has 3 aromatic rings. The van der Waals surface area contributed by atoms with Gasteiger partial charge < -0.3 is 15.2 Å². The Morgan fingerprint density at radius 3 is 2.17 bits per heavy atom. The number of phenolic OH excluding ortho intramolecular Hbond substituents is 2. The number of aromatic nitrogens is 1. The molecule has 0 atom stereocenters. The maximum Gasteiger partial charge on any atom is 0.141 e. The van der Waals surface area contributed by atoms with Crippen molar-refractivity contribution in [2.24, 2.45) is 9.98 Å². The highest BCUT2D eigenvalue weighted by molar-refractivity contribution is 5.67. The van der Waals surface area contributed by atoms with Gasteiger partial charge in [0.15, 0.2) is 0 Å². The van der Waals surface area contributed by atoms with Crippen molar-refractivity contribution in [3.8, 4) is 11.5 Å². The van der Waals surface area contributed by atoms with Crippen molar-refractivity contribution in [3.05, 3.63) is 77.9 Å². The fourth-order valence-corrected chi connectivity index (χ4v) is 2.19. The predicted molar refractivity (Wildman–Crippen MR) is 94.1 cm³/mol. The van der Waals surface area contributed by atoms with Crippen molar-refractivity contribution in [3.63, 3.8) is 0 Å². The molecule has 5 nitrogen and oxygen atoms in total. The molecule has 0 aliphatic carbocycles. The van der Waals surface area contributed by atoms with E-state index in [9.17, 15) is 10.2 Å². The number of nitrogens with zero attached hydrogens (tertiary/aromatic N) is 2. The first-order chi connectivity index (χ1) is 11.7. The molecule has 2 aromatic carbocycles. The Labute approximate surface area is 139 Å². The van der Waals surface area contributed by atoms with Crippen molar-refractivity contribution in [1.82, 2.24) is 4.98 Å². The van der Waals surface area contributed by atoms with E-state index in [1.54, 1.807) is 42.6 Å². The molecule has 24 heavy (non-hydrogen) atoms. The Morgan fingerprint density at radius 2 is 1.46 bits per heavy atom. The second kappa shape index (κ2) is 7.28. The number of H-pyrrole nitrogens is 1. The minimum absolute atomic E-state index is 0.136. The number of aromatic hydroxyl groups is 2. The van der Waals surface area contributed by atoms with Gasteiger partial charge in [-0.2, -0.15) is 0 Å². The summed E-state index contributed by atoms with van der Waals surface area (Å²) in [5, 5.41) is 19.5. The zero-order valence-electron chi connectivity index (χ0n) is 12.9. The van der Waals surface area contributed by atoms with Gasteiger partial charge in [-0.1, -0.05) is 30.3 Å². The molecule has 0 unspecified atom stereocenters. The zero-order valence-corrected chi connectivity index (χ0v) is 12.9. The van der Waals surface area contributed by atoms with Crippen LogP contribution in [0.15, 0.2) is 76.7 Å². The van der Waals surface area contributed by atoms with E-state index >= 15 is 0 Å². The van der Waals surface area contributed by atoms with Crippen LogP contribution in [-0.2, 0) is 6.42 Å². The van der Waals surface area contributed by atoms with E-state index in [2.05, 4.69) is 15.0 Å². The lowest BCUT2D eigenvalue weighted by Gasteiger charge is -2.00. The number of phenols is 2. The second-order valence-corrected chi connectivity index (χ2v) is 5.17. The highest BCUT2D eigenvalue weighted by atomic mass is 16.3. The minimum Gasteiger partial charge on any atom is -0.506 e. The number of pyridine rings is 1. The van der Waals surface area contributed by atoms with Gasteiger partial charge >= 0.3 is 0 Å². The number of hydrogen-bond acceptors (Lipinski definition) is 4. The average molecular weight is 319 g/mol. The van der Waals surface area contributed by atoms with Crippen LogP contribution in [0.5, 0.6) is 11.5 Å². The van der Waals surface area contributed by atoms with Gasteiger partial charge in [-0.3, -0.25) is 4.99 Å². The Bertz CT molecular complexity index is 929. The van der Waals surface area contributed by atoms with E-state index in [0.29, 0.717) is 23.3 Å².